The van der Waals surface area contributed by atoms with Crippen LogP contribution in [0.1, 0.15) is 31.9 Å². The Morgan fingerprint density at radius 3 is 2.00 bits per heavy atom. The zero-order chi connectivity index (χ0) is 13.0. The molecule has 2 N–H and O–H groups in total. The van der Waals surface area contributed by atoms with Gasteiger partial charge in [0.25, 0.3) is 0 Å². The molecule has 18 heavy (non-hydrogen) atoms. The van der Waals surface area contributed by atoms with E-state index in [2.05, 4.69) is 62.4 Å². The normalized spacial score (nSPS) is 14.2. The number of hydrogen-bond donors (Lipinski definition) is 1. The Kier molecular flexibility index (Phi) is 4.16. The van der Waals surface area contributed by atoms with Gasteiger partial charge >= 0.3 is 0 Å². The zero-order valence-electron chi connectivity index (χ0n) is 11.1. The molecular weight excluding hydrogens is 218 g/mol. The van der Waals surface area contributed by atoms with Gasteiger partial charge in [-0.05, 0) is 22.6 Å². The first-order chi connectivity index (χ1) is 8.72. The molecule has 0 aliphatic carbocycles. The largest absolute Gasteiger partial charge is 0.324 e. The number of nitrogens with two attached hydrogens (primary N) is 1. The van der Waals surface area contributed by atoms with Crippen molar-refractivity contribution in [1.29, 1.82) is 0 Å². The molecule has 0 bridgehead atoms. The first-order valence-corrected chi connectivity index (χ1v) is 6.63. The molecule has 1 nitrogen and oxygen atoms in total. The predicted octanol–water partition coefficient (Wildman–Crippen LogP) is 4.40. The lowest BCUT2D eigenvalue weighted by Gasteiger charge is -2.18. The third-order valence-electron chi connectivity index (χ3n) is 3.66. The average molecular weight is 239 g/mol. The third-order valence-corrected chi connectivity index (χ3v) is 3.66. The molecule has 0 spiro atoms. The summed E-state index contributed by atoms with van der Waals surface area (Å²) < 4.78 is 0. The second-order valence-electron chi connectivity index (χ2n) is 4.90. The molecular formula is C17H21N. The van der Waals surface area contributed by atoms with Gasteiger partial charge in [0, 0.05) is 6.04 Å². The van der Waals surface area contributed by atoms with Crippen molar-refractivity contribution in [3.05, 3.63) is 60.2 Å². The van der Waals surface area contributed by atoms with Crippen LogP contribution in [0.5, 0.6) is 0 Å². The summed E-state index contributed by atoms with van der Waals surface area (Å²) in [5, 5.41) is 0. The van der Waals surface area contributed by atoms with E-state index in [1.807, 2.05) is 6.07 Å². The molecule has 0 aromatic heterocycles. The molecule has 0 radical (unpaired) electrons. The molecule has 0 aliphatic rings. The van der Waals surface area contributed by atoms with Gasteiger partial charge in [0.2, 0.25) is 0 Å². The Balaban J connectivity index is 2.20. The van der Waals surface area contributed by atoms with Crippen molar-refractivity contribution < 1.29 is 0 Å². The Labute approximate surface area is 110 Å². The van der Waals surface area contributed by atoms with Gasteiger partial charge < -0.3 is 5.73 Å². The van der Waals surface area contributed by atoms with Crippen LogP contribution in [0.15, 0.2) is 54.6 Å². The number of hydrogen-bond acceptors (Lipinski definition) is 1. The van der Waals surface area contributed by atoms with Crippen LogP contribution >= 0.6 is 0 Å². The van der Waals surface area contributed by atoms with Crippen LogP contribution in [0.25, 0.3) is 11.1 Å². The molecule has 1 heteroatoms. The second-order valence-corrected chi connectivity index (χ2v) is 4.90. The first-order valence-electron chi connectivity index (χ1n) is 6.63. The van der Waals surface area contributed by atoms with Gasteiger partial charge in [-0.3, -0.25) is 0 Å². The fourth-order valence-corrected chi connectivity index (χ4v) is 2.11. The van der Waals surface area contributed by atoms with E-state index in [0.717, 1.165) is 6.42 Å². The molecule has 2 rings (SSSR count). The predicted molar refractivity (Wildman–Crippen MR) is 78.3 cm³/mol. The van der Waals surface area contributed by atoms with Crippen molar-refractivity contribution in [3.63, 3.8) is 0 Å². The summed E-state index contributed by atoms with van der Waals surface area (Å²) >= 11 is 0. The minimum Gasteiger partial charge on any atom is -0.324 e. The van der Waals surface area contributed by atoms with Crippen LogP contribution in [0.4, 0.5) is 0 Å². The van der Waals surface area contributed by atoms with Crippen molar-refractivity contribution in [2.45, 2.75) is 26.3 Å². The molecule has 0 aliphatic heterocycles. The smallest absolute Gasteiger partial charge is 0.0320 e. The van der Waals surface area contributed by atoms with E-state index in [9.17, 15) is 0 Å². The lowest BCUT2D eigenvalue weighted by molar-refractivity contribution is 0.457. The number of rotatable bonds is 4. The van der Waals surface area contributed by atoms with Gasteiger partial charge in [-0.15, -0.1) is 0 Å². The summed E-state index contributed by atoms with van der Waals surface area (Å²) in [6, 6.07) is 19.2. The molecule has 2 aromatic rings. The zero-order valence-corrected chi connectivity index (χ0v) is 11.1. The van der Waals surface area contributed by atoms with Crippen LogP contribution in [0, 0.1) is 5.92 Å². The first kappa shape index (κ1) is 12.8. The molecule has 1 unspecified atom stereocenters. The maximum Gasteiger partial charge on any atom is 0.0320 e. The minimum absolute atomic E-state index is 0.139. The second kappa shape index (κ2) is 5.83. The molecule has 2 atom stereocenters. The summed E-state index contributed by atoms with van der Waals surface area (Å²) in [7, 11) is 0. The summed E-state index contributed by atoms with van der Waals surface area (Å²) in [6.07, 6.45) is 1.11. The van der Waals surface area contributed by atoms with Gasteiger partial charge in [0.1, 0.15) is 0 Å². The molecule has 0 saturated heterocycles. The van der Waals surface area contributed by atoms with Crippen molar-refractivity contribution in [2.24, 2.45) is 11.7 Å². The van der Waals surface area contributed by atoms with E-state index in [4.69, 9.17) is 5.73 Å². The van der Waals surface area contributed by atoms with E-state index < -0.39 is 0 Å². The van der Waals surface area contributed by atoms with Crippen molar-refractivity contribution in [3.8, 4) is 11.1 Å². The van der Waals surface area contributed by atoms with Crippen LogP contribution in [-0.2, 0) is 0 Å². The SMILES string of the molecule is CCC(C)[C@H](N)c1ccc(-c2ccccc2)cc1. The fraction of sp³-hybridized carbons (Fsp3) is 0.294. The van der Waals surface area contributed by atoms with E-state index in [-0.39, 0.29) is 6.04 Å². The van der Waals surface area contributed by atoms with Gasteiger partial charge in [0.05, 0.1) is 0 Å². The summed E-state index contributed by atoms with van der Waals surface area (Å²) in [5.74, 6) is 0.521. The highest BCUT2D eigenvalue weighted by Crippen LogP contribution is 2.25. The van der Waals surface area contributed by atoms with E-state index in [1.54, 1.807) is 0 Å². The molecule has 0 saturated carbocycles. The quantitative estimate of drug-likeness (QED) is 0.840. The van der Waals surface area contributed by atoms with Gasteiger partial charge in [-0.2, -0.15) is 0 Å². The van der Waals surface area contributed by atoms with E-state index in [0.29, 0.717) is 5.92 Å². The standard InChI is InChI=1S/C17H21N/c1-3-13(2)17(18)16-11-9-15(10-12-16)14-7-5-4-6-8-14/h4-13,17H,3,18H2,1-2H3/t13?,17-/m0/s1. The maximum atomic E-state index is 6.24. The minimum atomic E-state index is 0.139. The Morgan fingerprint density at radius 1 is 0.889 bits per heavy atom. The van der Waals surface area contributed by atoms with Crippen LogP contribution in [0.2, 0.25) is 0 Å². The van der Waals surface area contributed by atoms with Crippen molar-refractivity contribution in [2.75, 3.05) is 0 Å². The lowest BCUT2D eigenvalue weighted by atomic mass is 9.92. The molecule has 2 aromatic carbocycles. The van der Waals surface area contributed by atoms with Gasteiger partial charge in [0.15, 0.2) is 0 Å². The molecule has 0 amide bonds. The summed E-state index contributed by atoms with van der Waals surface area (Å²) in [6.45, 7) is 4.39. The molecule has 94 valence electrons. The topological polar surface area (TPSA) is 26.0 Å². The highest BCUT2D eigenvalue weighted by molar-refractivity contribution is 5.63. The van der Waals surface area contributed by atoms with E-state index in [1.165, 1.54) is 16.7 Å². The van der Waals surface area contributed by atoms with Gasteiger partial charge in [-0.1, -0.05) is 74.9 Å². The highest BCUT2D eigenvalue weighted by Gasteiger charge is 2.12. The summed E-state index contributed by atoms with van der Waals surface area (Å²) in [4.78, 5) is 0. The van der Waals surface area contributed by atoms with Crippen molar-refractivity contribution >= 4 is 0 Å². The third kappa shape index (κ3) is 2.80. The van der Waals surface area contributed by atoms with Gasteiger partial charge in [-0.25, -0.2) is 0 Å². The molecule has 0 fully saturated rings. The Morgan fingerprint density at radius 2 is 1.44 bits per heavy atom. The Bertz CT molecular complexity index is 473. The van der Waals surface area contributed by atoms with E-state index >= 15 is 0 Å². The highest BCUT2D eigenvalue weighted by atomic mass is 14.6. The molecule has 0 heterocycles. The van der Waals surface area contributed by atoms with Crippen LogP contribution < -0.4 is 5.73 Å². The summed E-state index contributed by atoms with van der Waals surface area (Å²) in [5.41, 5.74) is 9.96. The van der Waals surface area contributed by atoms with Crippen LogP contribution in [-0.4, -0.2) is 0 Å². The average Bonchev–Trinajstić information content (AvgIpc) is 2.47. The fourth-order valence-electron chi connectivity index (χ4n) is 2.11. The Hall–Kier alpha value is -1.60. The monoisotopic (exact) mass is 239 g/mol. The lowest BCUT2D eigenvalue weighted by Crippen LogP contribution is -2.18. The van der Waals surface area contributed by atoms with Crippen molar-refractivity contribution in [1.82, 2.24) is 0 Å². The maximum absolute atomic E-state index is 6.24. The van der Waals surface area contributed by atoms with Crippen LogP contribution in [0.3, 0.4) is 0 Å². The number of benzene rings is 2.